The molecule has 2 aromatic carbocycles. The number of carbonyl (C=O) groups excluding carboxylic acids is 3. The van der Waals surface area contributed by atoms with Crippen LogP contribution in [0.3, 0.4) is 0 Å². The normalized spacial score (nSPS) is 12.9. The van der Waals surface area contributed by atoms with Crippen LogP contribution >= 0.6 is 0 Å². The second-order valence-electron chi connectivity index (χ2n) is 9.18. The van der Waals surface area contributed by atoms with Crippen LogP contribution in [0.25, 0.3) is 0 Å². The first kappa shape index (κ1) is 35.6. The van der Waals surface area contributed by atoms with Crippen LogP contribution in [0.1, 0.15) is 47.7 Å². The summed E-state index contributed by atoms with van der Waals surface area (Å²) in [6.07, 6.45) is -8.47. The zero-order valence-electron chi connectivity index (χ0n) is 23.4. The minimum Gasteiger partial charge on any atom is -0.490 e. The summed E-state index contributed by atoms with van der Waals surface area (Å²) < 4.78 is 83.7. The predicted octanol–water partition coefficient (Wildman–Crippen LogP) is 4.67. The number of hydrogen-bond donors (Lipinski definition) is 3. The number of Topliss-reactive ketones (excluding diaryl/α,β-unsaturated/α-hetero) is 2. The van der Waals surface area contributed by atoms with Crippen LogP contribution < -0.4 is 15.2 Å². The molecule has 10 nitrogen and oxygen atoms in total. The number of amidine groups is 2. The van der Waals surface area contributed by atoms with Crippen molar-refractivity contribution >= 4 is 29.2 Å². The SMILES string of the molecule is CCCOc1ccc(C(=N)N)cc1OCCOC(=O)c1ccc(C(=N)N2CCCC2)cc1.O=C(C(=O)C(F)(F)F)C(F)(F)F. The molecule has 1 fully saturated rings. The van der Waals surface area contributed by atoms with Crippen LogP contribution in [-0.2, 0) is 14.3 Å². The summed E-state index contributed by atoms with van der Waals surface area (Å²) in [6, 6.07) is 12.0. The van der Waals surface area contributed by atoms with Crippen LogP contribution in [0.5, 0.6) is 11.5 Å². The van der Waals surface area contributed by atoms with Gasteiger partial charge in [0.25, 0.3) is 0 Å². The van der Waals surface area contributed by atoms with Gasteiger partial charge in [0.1, 0.15) is 24.9 Å². The Morgan fingerprint density at radius 1 is 0.773 bits per heavy atom. The van der Waals surface area contributed by atoms with Gasteiger partial charge in [-0.1, -0.05) is 19.1 Å². The number of likely N-dealkylation sites (tertiary alicyclic amines) is 1. The second kappa shape index (κ2) is 15.7. The fraction of sp³-hybridized carbons (Fsp3) is 0.393. The van der Waals surface area contributed by atoms with Gasteiger partial charge in [-0.2, -0.15) is 26.3 Å². The number of rotatable bonds is 11. The third-order valence-corrected chi connectivity index (χ3v) is 5.83. The van der Waals surface area contributed by atoms with Gasteiger partial charge in [0.2, 0.25) is 0 Å². The summed E-state index contributed by atoms with van der Waals surface area (Å²) in [5.41, 5.74) is 7.30. The van der Waals surface area contributed by atoms with E-state index in [4.69, 9.17) is 30.8 Å². The third kappa shape index (κ3) is 10.6. The van der Waals surface area contributed by atoms with Gasteiger partial charge in [0, 0.05) is 24.2 Å². The highest BCUT2D eigenvalue weighted by Crippen LogP contribution is 2.29. The fourth-order valence-electron chi connectivity index (χ4n) is 3.63. The van der Waals surface area contributed by atoms with Crippen molar-refractivity contribution in [3.8, 4) is 11.5 Å². The van der Waals surface area contributed by atoms with Crippen molar-refractivity contribution in [2.75, 3.05) is 32.9 Å². The molecular formula is C28H30F6N4O6. The lowest BCUT2D eigenvalue weighted by molar-refractivity contribution is -0.193. The number of nitrogens with zero attached hydrogens (tertiary/aromatic N) is 1. The molecule has 0 atom stereocenters. The summed E-state index contributed by atoms with van der Waals surface area (Å²) in [5, 5.41) is 15.9. The molecule has 1 aliphatic rings. The highest BCUT2D eigenvalue weighted by atomic mass is 19.4. The molecule has 0 amide bonds. The number of hydrogen-bond acceptors (Lipinski definition) is 8. The molecule has 16 heteroatoms. The lowest BCUT2D eigenvalue weighted by Gasteiger charge is -2.18. The molecule has 0 unspecified atom stereocenters. The van der Waals surface area contributed by atoms with Crippen molar-refractivity contribution < 1.29 is 54.9 Å². The molecular weight excluding hydrogens is 602 g/mol. The maximum absolute atomic E-state index is 12.3. The van der Waals surface area contributed by atoms with Gasteiger partial charge < -0.3 is 24.8 Å². The Morgan fingerprint density at radius 2 is 1.27 bits per heavy atom. The third-order valence-electron chi connectivity index (χ3n) is 5.83. The summed E-state index contributed by atoms with van der Waals surface area (Å²) >= 11 is 0. The summed E-state index contributed by atoms with van der Waals surface area (Å²) in [4.78, 5) is 33.6. The Morgan fingerprint density at radius 3 is 1.77 bits per heavy atom. The first-order valence-corrected chi connectivity index (χ1v) is 13.1. The first-order valence-electron chi connectivity index (χ1n) is 13.1. The molecule has 0 bridgehead atoms. The number of nitrogens with one attached hydrogen (secondary N) is 2. The molecule has 0 radical (unpaired) electrons. The number of ether oxygens (including phenoxy) is 3. The molecule has 1 saturated heterocycles. The predicted molar refractivity (Wildman–Crippen MR) is 145 cm³/mol. The maximum atomic E-state index is 12.3. The quantitative estimate of drug-likeness (QED) is 0.0807. The largest absolute Gasteiger partial charge is 0.490 e. The summed E-state index contributed by atoms with van der Waals surface area (Å²) in [6.45, 7) is 4.54. The van der Waals surface area contributed by atoms with Crippen molar-refractivity contribution in [3.05, 3.63) is 59.2 Å². The highest BCUT2D eigenvalue weighted by molar-refractivity contribution is 6.41. The van der Waals surface area contributed by atoms with Crippen molar-refractivity contribution in [3.63, 3.8) is 0 Å². The van der Waals surface area contributed by atoms with Gasteiger partial charge >= 0.3 is 29.9 Å². The standard InChI is InChI=1S/C24H30N4O4.C4F6O2/c1-2-13-30-20-10-9-19(22(25)26)16-21(20)31-14-15-32-24(29)18-7-5-17(6-8-18)23(27)28-11-3-4-12-28;5-3(6,7)1(11)2(12)4(8,9)10/h5-10,16,27H,2-4,11-15H2,1H3,(H3,25,26);. The smallest absolute Gasteiger partial charge is 0.458 e. The zero-order chi connectivity index (χ0) is 33.1. The highest BCUT2D eigenvalue weighted by Gasteiger charge is 2.54. The minimum absolute atomic E-state index is 0.0572. The topological polar surface area (TPSA) is 156 Å². The van der Waals surface area contributed by atoms with Crippen molar-refractivity contribution in [1.29, 1.82) is 10.8 Å². The van der Waals surface area contributed by atoms with E-state index in [1.165, 1.54) is 0 Å². The van der Waals surface area contributed by atoms with E-state index in [9.17, 15) is 40.7 Å². The molecule has 4 N–H and O–H groups in total. The average Bonchev–Trinajstić information content (AvgIpc) is 3.52. The molecule has 3 rings (SSSR count). The number of ketones is 2. The molecule has 0 aliphatic carbocycles. The maximum Gasteiger partial charge on any atom is 0.458 e. The van der Waals surface area contributed by atoms with E-state index in [0.717, 1.165) is 37.9 Å². The Balaban J connectivity index is 0.000000477. The van der Waals surface area contributed by atoms with E-state index in [1.807, 2.05) is 11.8 Å². The number of alkyl halides is 6. The number of halogens is 6. The minimum atomic E-state index is -5.77. The molecule has 0 aromatic heterocycles. The van der Waals surface area contributed by atoms with Gasteiger partial charge in [-0.05, 0) is 49.6 Å². The van der Waals surface area contributed by atoms with Gasteiger partial charge in [-0.25, -0.2) is 4.79 Å². The van der Waals surface area contributed by atoms with Crippen LogP contribution in [0.4, 0.5) is 26.3 Å². The summed E-state index contributed by atoms with van der Waals surface area (Å²) in [5.74, 6) is -5.83. The van der Waals surface area contributed by atoms with E-state index >= 15 is 0 Å². The van der Waals surface area contributed by atoms with Gasteiger partial charge in [-0.15, -0.1) is 0 Å². The molecule has 2 aromatic rings. The number of benzene rings is 2. The second-order valence-corrected chi connectivity index (χ2v) is 9.18. The monoisotopic (exact) mass is 632 g/mol. The Hall–Kier alpha value is -4.63. The van der Waals surface area contributed by atoms with Crippen molar-refractivity contribution in [2.24, 2.45) is 5.73 Å². The van der Waals surface area contributed by atoms with Crippen LogP contribution in [-0.4, -0.2) is 79.4 Å². The van der Waals surface area contributed by atoms with Crippen LogP contribution in [0.2, 0.25) is 0 Å². The van der Waals surface area contributed by atoms with Gasteiger partial charge in [-0.3, -0.25) is 20.4 Å². The number of nitrogen functional groups attached to an aromatic ring is 1. The average molecular weight is 633 g/mol. The van der Waals surface area contributed by atoms with Crippen LogP contribution in [0, 0.1) is 10.8 Å². The molecule has 0 saturated carbocycles. The molecule has 240 valence electrons. The van der Waals surface area contributed by atoms with Gasteiger partial charge in [0.15, 0.2) is 11.5 Å². The summed E-state index contributed by atoms with van der Waals surface area (Å²) in [7, 11) is 0. The van der Waals surface area contributed by atoms with Crippen LogP contribution in [0.15, 0.2) is 42.5 Å². The van der Waals surface area contributed by atoms with E-state index < -0.39 is 29.9 Å². The zero-order valence-corrected chi connectivity index (χ0v) is 23.4. The van der Waals surface area contributed by atoms with E-state index in [2.05, 4.69) is 0 Å². The molecule has 0 spiro atoms. The molecule has 1 aliphatic heterocycles. The van der Waals surface area contributed by atoms with Crippen molar-refractivity contribution in [1.82, 2.24) is 4.90 Å². The van der Waals surface area contributed by atoms with E-state index in [-0.39, 0.29) is 19.0 Å². The van der Waals surface area contributed by atoms with E-state index in [1.54, 1.807) is 42.5 Å². The Kier molecular flexibility index (Phi) is 12.7. The lowest BCUT2D eigenvalue weighted by atomic mass is 10.1. The first-order chi connectivity index (χ1) is 20.6. The van der Waals surface area contributed by atoms with Gasteiger partial charge in [0.05, 0.1) is 12.2 Å². The van der Waals surface area contributed by atoms with E-state index in [0.29, 0.717) is 35.1 Å². The number of carbonyl (C=O) groups is 3. The number of esters is 1. The molecule has 44 heavy (non-hydrogen) atoms. The molecule has 1 heterocycles. The number of nitrogens with two attached hydrogens (primary N) is 1. The fourth-order valence-corrected chi connectivity index (χ4v) is 3.63. The van der Waals surface area contributed by atoms with Crippen molar-refractivity contribution in [2.45, 2.75) is 38.5 Å². The lowest BCUT2D eigenvalue weighted by Crippen LogP contribution is -2.39. The Bertz CT molecular complexity index is 1320. The Labute approximate surface area is 248 Å².